The van der Waals surface area contributed by atoms with Crippen LogP contribution in [0.15, 0.2) is 18.2 Å². The maximum atomic E-state index is 11.4. The molecule has 0 saturated heterocycles. The number of benzene rings is 1. The second-order valence-electron chi connectivity index (χ2n) is 2.86. The number of ether oxygens (including phenoxy) is 1. The number of halogens is 2. The van der Waals surface area contributed by atoms with Crippen molar-refractivity contribution < 1.29 is 9.53 Å². The van der Waals surface area contributed by atoms with Crippen molar-refractivity contribution in [3.63, 3.8) is 0 Å². The third-order valence-electron chi connectivity index (χ3n) is 1.96. The van der Waals surface area contributed by atoms with Crippen LogP contribution in [0.3, 0.4) is 0 Å². The molecule has 1 amide bonds. The van der Waals surface area contributed by atoms with E-state index in [1.165, 1.54) is 0 Å². The Kier molecular flexibility index (Phi) is 4.42. The molecular weight excluding hydrogens is 281 g/mol. The monoisotopic (exact) mass is 291 g/mol. The van der Waals surface area contributed by atoms with Crippen molar-refractivity contribution in [1.29, 1.82) is 0 Å². The Bertz CT molecular complexity index is 370. The highest BCUT2D eigenvalue weighted by molar-refractivity contribution is 9.09. The quantitative estimate of drug-likeness (QED) is 0.870. The summed E-state index contributed by atoms with van der Waals surface area (Å²) >= 11 is 9.29. The van der Waals surface area contributed by atoms with E-state index in [4.69, 9.17) is 16.3 Å². The summed E-state index contributed by atoms with van der Waals surface area (Å²) in [6.07, 6.45) is 0. The van der Waals surface area contributed by atoms with E-state index in [0.717, 1.165) is 5.56 Å². The molecule has 0 fully saturated rings. The minimum Gasteiger partial charge on any atom is -0.497 e. The fraction of sp³-hybridized carbons (Fsp3) is 0.300. The summed E-state index contributed by atoms with van der Waals surface area (Å²) in [5.74, 6) is 0.530. The van der Waals surface area contributed by atoms with Crippen LogP contribution >= 0.6 is 27.5 Å². The summed E-state index contributed by atoms with van der Waals surface area (Å²) in [4.78, 5) is 10.9. The number of nitrogens with one attached hydrogen (secondary N) is 1. The highest BCUT2D eigenvalue weighted by atomic mass is 79.9. The first kappa shape index (κ1) is 12.3. The average molecular weight is 293 g/mol. The lowest BCUT2D eigenvalue weighted by Gasteiger charge is -2.11. The van der Waals surface area contributed by atoms with Gasteiger partial charge in [-0.1, -0.05) is 33.6 Å². The normalized spacial score (nSPS) is 12.0. The first-order chi connectivity index (χ1) is 7.10. The van der Waals surface area contributed by atoms with Crippen LogP contribution in [0.5, 0.6) is 5.75 Å². The van der Waals surface area contributed by atoms with Crippen LogP contribution in [0.2, 0.25) is 5.02 Å². The predicted octanol–water partition coefficient (Wildman–Crippen LogP) is 2.53. The number of amides is 1. The van der Waals surface area contributed by atoms with E-state index in [1.807, 2.05) is 0 Å². The van der Waals surface area contributed by atoms with Crippen LogP contribution in [-0.2, 0) is 4.79 Å². The Labute approximate surface area is 102 Å². The predicted molar refractivity (Wildman–Crippen MR) is 63.7 cm³/mol. The Morgan fingerprint density at radius 3 is 2.73 bits per heavy atom. The first-order valence-corrected chi connectivity index (χ1v) is 5.58. The largest absolute Gasteiger partial charge is 0.497 e. The molecule has 15 heavy (non-hydrogen) atoms. The molecule has 0 heterocycles. The lowest BCUT2D eigenvalue weighted by molar-refractivity contribution is -0.120. The first-order valence-electron chi connectivity index (χ1n) is 4.29. The standard InChI is InChI=1S/C10H11BrClNO2/c1-13-10(14)9(11)7-4-3-6(15-2)5-8(7)12/h3-5,9H,1-2H3,(H,13,14). The van der Waals surface area contributed by atoms with Crippen molar-refractivity contribution in [3.8, 4) is 5.75 Å². The SMILES string of the molecule is CNC(=O)C(Br)c1ccc(OC)cc1Cl. The number of carbonyl (C=O) groups is 1. The number of hydrogen-bond acceptors (Lipinski definition) is 2. The minimum atomic E-state index is -0.444. The molecule has 0 aliphatic rings. The van der Waals surface area contributed by atoms with Gasteiger partial charge in [0.15, 0.2) is 0 Å². The number of alkyl halides is 1. The van der Waals surface area contributed by atoms with Gasteiger partial charge in [-0.3, -0.25) is 4.79 Å². The molecule has 0 bridgehead atoms. The van der Waals surface area contributed by atoms with Gasteiger partial charge in [-0.2, -0.15) is 0 Å². The van der Waals surface area contributed by atoms with E-state index in [2.05, 4.69) is 21.2 Å². The highest BCUT2D eigenvalue weighted by Gasteiger charge is 2.18. The van der Waals surface area contributed by atoms with E-state index in [1.54, 1.807) is 32.4 Å². The summed E-state index contributed by atoms with van der Waals surface area (Å²) in [7, 11) is 3.14. The summed E-state index contributed by atoms with van der Waals surface area (Å²) in [6.45, 7) is 0. The van der Waals surface area contributed by atoms with Crippen LogP contribution in [-0.4, -0.2) is 20.1 Å². The van der Waals surface area contributed by atoms with Crippen molar-refractivity contribution in [2.24, 2.45) is 0 Å². The van der Waals surface area contributed by atoms with Crippen LogP contribution in [0.4, 0.5) is 0 Å². The zero-order chi connectivity index (χ0) is 11.4. The molecule has 0 aliphatic carbocycles. The Hall–Kier alpha value is -0.740. The lowest BCUT2D eigenvalue weighted by atomic mass is 10.1. The van der Waals surface area contributed by atoms with E-state index in [9.17, 15) is 4.79 Å². The van der Waals surface area contributed by atoms with Gasteiger partial charge in [0, 0.05) is 12.1 Å². The molecule has 82 valence electrons. The molecule has 0 aromatic heterocycles. The van der Waals surface area contributed by atoms with Crippen molar-refractivity contribution in [2.75, 3.05) is 14.2 Å². The molecular formula is C10H11BrClNO2. The van der Waals surface area contributed by atoms with Gasteiger partial charge in [0.1, 0.15) is 10.6 Å². The fourth-order valence-electron chi connectivity index (χ4n) is 1.11. The molecule has 1 rings (SSSR count). The topological polar surface area (TPSA) is 38.3 Å². The maximum absolute atomic E-state index is 11.4. The van der Waals surface area contributed by atoms with Gasteiger partial charge >= 0.3 is 0 Å². The fourth-order valence-corrected chi connectivity index (χ4v) is 2.15. The maximum Gasteiger partial charge on any atom is 0.238 e. The molecule has 0 saturated carbocycles. The minimum absolute atomic E-state index is 0.137. The van der Waals surface area contributed by atoms with Gasteiger partial charge in [0.25, 0.3) is 0 Å². The summed E-state index contributed by atoms with van der Waals surface area (Å²) < 4.78 is 5.02. The molecule has 1 N–H and O–H groups in total. The molecule has 1 aromatic carbocycles. The molecule has 0 spiro atoms. The van der Waals surface area contributed by atoms with E-state index in [-0.39, 0.29) is 5.91 Å². The average Bonchev–Trinajstić information content (AvgIpc) is 2.26. The van der Waals surface area contributed by atoms with Gasteiger partial charge < -0.3 is 10.1 Å². The zero-order valence-electron chi connectivity index (χ0n) is 8.38. The van der Waals surface area contributed by atoms with Crippen LogP contribution in [0.1, 0.15) is 10.4 Å². The van der Waals surface area contributed by atoms with Gasteiger partial charge in [-0.05, 0) is 17.7 Å². The number of hydrogen-bond donors (Lipinski definition) is 1. The smallest absolute Gasteiger partial charge is 0.238 e. The molecule has 1 atom stereocenters. The lowest BCUT2D eigenvalue weighted by Crippen LogP contribution is -2.22. The van der Waals surface area contributed by atoms with Crippen molar-refractivity contribution in [2.45, 2.75) is 4.83 Å². The van der Waals surface area contributed by atoms with Crippen LogP contribution in [0, 0.1) is 0 Å². The van der Waals surface area contributed by atoms with Gasteiger partial charge in [0.05, 0.1) is 7.11 Å². The second kappa shape index (κ2) is 5.37. The summed E-state index contributed by atoms with van der Waals surface area (Å²) in [6, 6.07) is 5.20. The zero-order valence-corrected chi connectivity index (χ0v) is 10.7. The Morgan fingerprint density at radius 1 is 1.60 bits per heavy atom. The second-order valence-corrected chi connectivity index (χ2v) is 4.19. The molecule has 0 aliphatic heterocycles. The van der Waals surface area contributed by atoms with Crippen molar-refractivity contribution >= 4 is 33.4 Å². The molecule has 3 nitrogen and oxygen atoms in total. The van der Waals surface area contributed by atoms with E-state index in [0.29, 0.717) is 10.8 Å². The molecule has 1 aromatic rings. The molecule has 1 unspecified atom stereocenters. The van der Waals surface area contributed by atoms with Crippen molar-refractivity contribution in [3.05, 3.63) is 28.8 Å². The van der Waals surface area contributed by atoms with Gasteiger partial charge in [-0.15, -0.1) is 0 Å². The third-order valence-corrected chi connectivity index (χ3v) is 3.19. The Morgan fingerprint density at radius 2 is 2.27 bits per heavy atom. The number of likely N-dealkylation sites (N-methyl/N-ethyl adjacent to an activating group) is 1. The molecule has 5 heteroatoms. The summed E-state index contributed by atoms with van der Waals surface area (Å²) in [5, 5.41) is 3.04. The summed E-state index contributed by atoms with van der Waals surface area (Å²) in [5.41, 5.74) is 0.719. The van der Waals surface area contributed by atoms with Crippen LogP contribution < -0.4 is 10.1 Å². The van der Waals surface area contributed by atoms with E-state index >= 15 is 0 Å². The van der Waals surface area contributed by atoms with Crippen molar-refractivity contribution in [1.82, 2.24) is 5.32 Å². The number of carbonyl (C=O) groups excluding carboxylic acids is 1. The molecule has 0 radical (unpaired) electrons. The Balaban J connectivity index is 3.00. The number of methoxy groups -OCH3 is 1. The number of rotatable bonds is 3. The highest BCUT2D eigenvalue weighted by Crippen LogP contribution is 2.32. The third kappa shape index (κ3) is 2.86. The van der Waals surface area contributed by atoms with E-state index < -0.39 is 4.83 Å². The van der Waals surface area contributed by atoms with Gasteiger partial charge in [0.2, 0.25) is 5.91 Å². The van der Waals surface area contributed by atoms with Gasteiger partial charge in [-0.25, -0.2) is 0 Å². The van der Waals surface area contributed by atoms with Crippen LogP contribution in [0.25, 0.3) is 0 Å².